The van der Waals surface area contributed by atoms with Crippen molar-refractivity contribution in [3.63, 3.8) is 0 Å². The zero-order valence-electron chi connectivity index (χ0n) is 12.8. The fourth-order valence-corrected chi connectivity index (χ4v) is 3.13. The quantitative estimate of drug-likeness (QED) is 0.611. The number of rotatable bonds is 7. The molecule has 0 aliphatic carbocycles. The van der Waals surface area contributed by atoms with Crippen LogP contribution in [-0.4, -0.2) is 23.2 Å². The molecule has 0 amide bonds. The van der Waals surface area contributed by atoms with Gasteiger partial charge in [0.2, 0.25) is 0 Å². The molecule has 0 aliphatic heterocycles. The van der Waals surface area contributed by atoms with Crippen LogP contribution in [0.5, 0.6) is 0 Å². The molecule has 0 aromatic heterocycles. The Labute approximate surface area is 132 Å². The van der Waals surface area contributed by atoms with Crippen LogP contribution in [0.4, 0.5) is 5.69 Å². The molecule has 0 heterocycles. The minimum Gasteiger partial charge on any atom is -0.398 e. The third-order valence-corrected chi connectivity index (χ3v) is 4.54. The van der Waals surface area contributed by atoms with Crippen molar-refractivity contribution in [3.05, 3.63) is 60.2 Å². The molecule has 0 spiro atoms. The lowest BCUT2D eigenvalue weighted by Gasteiger charge is -2.27. The van der Waals surface area contributed by atoms with Gasteiger partial charge >= 0.3 is 0 Å². The van der Waals surface area contributed by atoms with Crippen LogP contribution in [0, 0.1) is 0 Å². The third kappa shape index (κ3) is 5.10. The van der Waals surface area contributed by atoms with Gasteiger partial charge in [-0.15, -0.1) is 11.8 Å². The summed E-state index contributed by atoms with van der Waals surface area (Å²) in [4.78, 5) is 3.81. The van der Waals surface area contributed by atoms with Gasteiger partial charge < -0.3 is 5.73 Å². The van der Waals surface area contributed by atoms with E-state index in [1.54, 1.807) is 0 Å². The van der Waals surface area contributed by atoms with Crippen molar-refractivity contribution < 1.29 is 0 Å². The molecule has 3 heteroatoms. The fraction of sp³-hybridized carbons (Fsp3) is 0.333. The highest BCUT2D eigenvalue weighted by atomic mass is 32.2. The van der Waals surface area contributed by atoms with Crippen molar-refractivity contribution in [3.8, 4) is 0 Å². The number of hydrogen-bond donors (Lipinski definition) is 1. The second-order valence-corrected chi connectivity index (χ2v) is 6.59. The number of benzene rings is 2. The van der Waals surface area contributed by atoms with E-state index in [0.29, 0.717) is 6.04 Å². The molecule has 0 aliphatic rings. The predicted molar refractivity (Wildman–Crippen MR) is 93.6 cm³/mol. The predicted octanol–water partition coefficient (Wildman–Crippen LogP) is 4.27. The van der Waals surface area contributed by atoms with E-state index in [0.717, 1.165) is 24.5 Å². The zero-order valence-corrected chi connectivity index (χ0v) is 13.6. The van der Waals surface area contributed by atoms with Crippen LogP contribution in [0.25, 0.3) is 0 Å². The van der Waals surface area contributed by atoms with Crippen molar-refractivity contribution in [2.45, 2.75) is 31.3 Å². The molecule has 2 aromatic rings. The maximum atomic E-state index is 6.06. The number of nitrogens with zero attached hydrogens (tertiary/aromatic N) is 1. The van der Waals surface area contributed by atoms with E-state index in [4.69, 9.17) is 5.73 Å². The van der Waals surface area contributed by atoms with E-state index in [-0.39, 0.29) is 0 Å². The Bertz CT molecular complexity index is 540. The van der Waals surface area contributed by atoms with Crippen molar-refractivity contribution in [2.24, 2.45) is 0 Å². The zero-order chi connectivity index (χ0) is 15.1. The molecule has 2 N–H and O–H groups in total. The van der Waals surface area contributed by atoms with Gasteiger partial charge in [0.05, 0.1) is 0 Å². The summed E-state index contributed by atoms with van der Waals surface area (Å²) in [5.74, 6) is 1.09. The molecule has 0 fully saturated rings. The summed E-state index contributed by atoms with van der Waals surface area (Å²) in [6.07, 6.45) is 0. The smallest absolute Gasteiger partial charge is 0.0359 e. The van der Waals surface area contributed by atoms with E-state index < -0.39 is 0 Å². The summed E-state index contributed by atoms with van der Waals surface area (Å²) in [5, 5.41) is 0. The van der Waals surface area contributed by atoms with E-state index in [1.165, 1.54) is 10.5 Å². The normalized spacial score (nSPS) is 11.2. The fourth-order valence-electron chi connectivity index (χ4n) is 2.21. The molecule has 0 bridgehead atoms. The minimum absolute atomic E-state index is 0.515. The first kappa shape index (κ1) is 15.9. The van der Waals surface area contributed by atoms with Gasteiger partial charge in [-0.2, -0.15) is 0 Å². The standard InChI is InChI=1S/C18H24N2S/c1-15(2)20(14-16-8-6-7-11-18(16)19)12-13-21-17-9-4-3-5-10-17/h3-11,15H,12-14,19H2,1-2H3. The van der Waals surface area contributed by atoms with Gasteiger partial charge in [0.15, 0.2) is 0 Å². The van der Waals surface area contributed by atoms with Gasteiger partial charge in [-0.1, -0.05) is 36.4 Å². The summed E-state index contributed by atoms with van der Waals surface area (Å²) < 4.78 is 0. The van der Waals surface area contributed by atoms with Crippen LogP contribution in [0.3, 0.4) is 0 Å². The van der Waals surface area contributed by atoms with Gasteiger partial charge in [-0.25, -0.2) is 0 Å². The second-order valence-electron chi connectivity index (χ2n) is 5.42. The molecule has 112 valence electrons. The van der Waals surface area contributed by atoms with Crippen LogP contribution in [0.1, 0.15) is 19.4 Å². The highest BCUT2D eigenvalue weighted by Crippen LogP contribution is 2.19. The Morgan fingerprint density at radius 3 is 2.33 bits per heavy atom. The van der Waals surface area contributed by atoms with Crippen LogP contribution >= 0.6 is 11.8 Å². The summed E-state index contributed by atoms with van der Waals surface area (Å²) in [5.41, 5.74) is 8.16. The average Bonchev–Trinajstić information content (AvgIpc) is 2.49. The van der Waals surface area contributed by atoms with E-state index in [1.807, 2.05) is 23.9 Å². The van der Waals surface area contributed by atoms with Gasteiger partial charge in [0.1, 0.15) is 0 Å². The number of anilines is 1. The summed E-state index contributed by atoms with van der Waals surface area (Å²) in [6, 6.07) is 19.2. The Hall–Kier alpha value is -1.45. The van der Waals surface area contributed by atoms with Crippen LogP contribution in [0.2, 0.25) is 0 Å². The Kier molecular flexibility index (Phi) is 6.15. The number of nitrogens with two attached hydrogens (primary N) is 1. The number of nitrogen functional groups attached to an aromatic ring is 1. The minimum atomic E-state index is 0.515. The SMILES string of the molecule is CC(C)N(CCSc1ccccc1)Cc1ccccc1N. The molecule has 0 atom stereocenters. The summed E-state index contributed by atoms with van der Waals surface area (Å²) >= 11 is 1.91. The summed E-state index contributed by atoms with van der Waals surface area (Å²) in [6.45, 7) is 6.46. The van der Waals surface area contributed by atoms with Crippen molar-refractivity contribution in [1.82, 2.24) is 4.90 Å². The highest BCUT2D eigenvalue weighted by molar-refractivity contribution is 7.99. The molecule has 0 radical (unpaired) electrons. The van der Waals surface area contributed by atoms with E-state index >= 15 is 0 Å². The number of hydrogen-bond acceptors (Lipinski definition) is 3. The molecule has 2 nitrogen and oxygen atoms in total. The monoisotopic (exact) mass is 300 g/mol. The first-order chi connectivity index (χ1) is 10.2. The molecule has 0 saturated heterocycles. The van der Waals surface area contributed by atoms with E-state index in [2.05, 4.69) is 61.2 Å². The lowest BCUT2D eigenvalue weighted by Crippen LogP contribution is -2.32. The Morgan fingerprint density at radius 1 is 1.00 bits per heavy atom. The molecule has 2 aromatic carbocycles. The third-order valence-electron chi connectivity index (χ3n) is 3.55. The Balaban J connectivity index is 1.89. The molecule has 0 saturated carbocycles. The van der Waals surface area contributed by atoms with E-state index in [9.17, 15) is 0 Å². The van der Waals surface area contributed by atoms with Crippen LogP contribution < -0.4 is 5.73 Å². The maximum absolute atomic E-state index is 6.06. The second kappa shape index (κ2) is 8.11. The number of para-hydroxylation sites is 1. The average molecular weight is 300 g/mol. The van der Waals surface area contributed by atoms with Gasteiger partial charge in [-0.3, -0.25) is 4.90 Å². The Morgan fingerprint density at radius 2 is 1.67 bits per heavy atom. The molecule has 0 unspecified atom stereocenters. The van der Waals surface area contributed by atoms with Gasteiger partial charge in [0.25, 0.3) is 0 Å². The molecular formula is C18H24N2S. The first-order valence-corrected chi connectivity index (χ1v) is 8.40. The summed E-state index contributed by atoms with van der Waals surface area (Å²) in [7, 11) is 0. The first-order valence-electron chi connectivity index (χ1n) is 7.42. The van der Waals surface area contributed by atoms with Crippen molar-refractivity contribution in [2.75, 3.05) is 18.0 Å². The number of thioether (sulfide) groups is 1. The highest BCUT2D eigenvalue weighted by Gasteiger charge is 2.11. The van der Waals surface area contributed by atoms with Crippen LogP contribution in [0.15, 0.2) is 59.5 Å². The van der Waals surface area contributed by atoms with Gasteiger partial charge in [0, 0.05) is 35.5 Å². The molecule has 2 rings (SSSR count). The lowest BCUT2D eigenvalue weighted by molar-refractivity contribution is 0.227. The van der Waals surface area contributed by atoms with Crippen LogP contribution in [-0.2, 0) is 6.54 Å². The lowest BCUT2D eigenvalue weighted by atomic mass is 10.1. The van der Waals surface area contributed by atoms with Crippen molar-refractivity contribution >= 4 is 17.4 Å². The topological polar surface area (TPSA) is 29.3 Å². The molecular weight excluding hydrogens is 276 g/mol. The van der Waals surface area contributed by atoms with Gasteiger partial charge in [-0.05, 0) is 37.6 Å². The van der Waals surface area contributed by atoms with Crippen molar-refractivity contribution in [1.29, 1.82) is 0 Å². The molecule has 21 heavy (non-hydrogen) atoms. The maximum Gasteiger partial charge on any atom is 0.0359 e. The largest absolute Gasteiger partial charge is 0.398 e.